The molecule has 0 amide bonds. The van der Waals surface area contributed by atoms with E-state index in [1.54, 1.807) is 12.1 Å². The third-order valence-electron chi connectivity index (χ3n) is 8.83. The number of esters is 2. The molecule has 3 fully saturated rings. The average Bonchev–Trinajstić information content (AvgIpc) is 3.47. The van der Waals surface area contributed by atoms with Crippen LogP contribution in [0.1, 0.15) is 74.5 Å². The monoisotopic (exact) mass is 566 g/mol. The Kier molecular flexibility index (Phi) is 10.9. The molecule has 2 heterocycles. The molecule has 5 rings (SSSR count). The van der Waals surface area contributed by atoms with Gasteiger partial charge in [-0.1, -0.05) is 73.5 Å². The smallest absolute Gasteiger partial charge is 0.339 e. The van der Waals surface area contributed by atoms with Gasteiger partial charge in [0.25, 0.3) is 0 Å². The highest BCUT2D eigenvalue weighted by Crippen LogP contribution is 2.42. The second-order valence-corrected chi connectivity index (χ2v) is 12.0. The summed E-state index contributed by atoms with van der Waals surface area (Å²) in [5, 5.41) is 20.9. The number of hydrogen-bond donors (Lipinski definition) is 2. The lowest BCUT2D eigenvalue weighted by Crippen LogP contribution is -2.43. The summed E-state index contributed by atoms with van der Waals surface area (Å²) in [7, 11) is 6.03. The molecule has 8 heteroatoms. The van der Waals surface area contributed by atoms with E-state index < -0.39 is 23.6 Å². The zero-order valence-electron chi connectivity index (χ0n) is 24.7. The fourth-order valence-corrected chi connectivity index (χ4v) is 6.46. The standard InChI is InChI=1S/C17H25NO3.C16H21NO3/c1-18(2)12-13-21-16(19)15(14-8-4-3-5-9-14)17(20)10-6-7-11-17;1-17-12-7-8-13(17)10-14(9-12)20-16(19)15(18)11-5-3-2-4-6-11/h3-5,8-9,15,20H,6-7,10-13H2,1-2H3;2-6,12-15,18H,7-10H2,1H3/t;12-,13+,14+,15?. The van der Waals surface area contributed by atoms with Gasteiger partial charge in [0.2, 0.25) is 0 Å². The highest BCUT2D eigenvalue weighted by atomic mass is 16.6. The zero-order valence-corrected chi connectivity index (χ0v) is 24.7. The molecule has 2 aliphatic heterocycles. The minimum atomic E-state index is -1.17. The molecule has 8 nitrogen and oxygen atoms in total. The van der Waals surface area contributed by atoms with E-state index in [2.05, 4.69) is 11.9 Å². The second kappa shape index (κ2) is 14.4. The summed E-state index contributed by atoms with van der Waals surface area (Å²) in [5.74, 6) is -1.42. The molecule has 0 radical (unpaired) electrons. The minimum Gasteiger partial charge on any atom is -0.464 e. The van der Waals surface area contributed by atoms with Crippen molar-refractivity contribution in [1.29, 1.82) is 0 Å². The molecule has 2 bridgehead atoms. The molecule has 2 saturated heterocycles. The Bertz CT molecular complexity index is 1090. The Morgan fingerprint density at radius 3 is 2.00 bits per heavy atom. The van der Waals surface area contributed by atoms with Gasteiger partial charge in [-0.25, -0.2) is 4.79 Å². The number of piperidine rings is 1. The number of rotatable bonds is 9. The van der Waals surface area contributed by atoms with Crippen LogP contribution in [0.15, 0.2) is 60.7 Å². The second-order valence-electron chi connectivity index (χ2n) is 12.0. The summed E-state index contributed by atoms with van der Waals surface area (Å²) >= 11 is 0. The average molecular weight is 567 g/mol. The molecule has 5 atom stereocenters. The van der Waals surface area contributed by atoms with E-state index in [1.165, 1.54) is 12.8 Å². The van der Waals surface area contributed by atoms with Gasteiger partial charge in [-0.2, -0.15) is 0 Å². The molecule has 2 aromatic carbocycles. The number of aliphatic hydroxyl groups excluding tert-OH is 1. The first-order chi connectivity index (χ1) is 19.7. The summed E-state index contributed by atoms with van der Waals surface area (Å²) in [4.78, 5) is 28.9. The van der Waals surface area contributed by atoms with Crippen LogP contribution in [0.2, 0.25) is 0 Å². The lowest BCUT2D eigenvalue weighted by Gasteiger charge is -2.36. The Labute approximate surface area is 244 Å². The molecule has 1 saturated carbocycles. The summed E-state index contributed by atoms with van der Waals surface area (Å²) < 4.78 is 10.9. The Morgan fingerprint density at radius 1 is 0.927 bits per heavy atom. The summed E-state index contributed by atoms with van der Waals surface area (Å²) in [6.45, 7) is 1.04. The van der Waals surface area contributed by atoms with Crippen LogP contribution < -0.4 is 0 Å². The van der Waals surface area contributed by atoms with Gasteiger partial charge in [0, 0.05) is 18.6 Å². The van der Waals surface area contributed by atoms with Crippen molar-refractivity contribution in [2.75, 3.05) is 34.3 Å². The van der Waals surface area contributed by atoms with E-state index in [0.29, 0.717) is 43.6 Å². The lowest BCUT2D eigenvalue weighted by molar-refractivity contribution is -0.162. The summed E-state index contributed by atoms with van der Waals surface area (Å²) in [5.41, 5.74) is 0.474. The van der Waals surface area contributed by atoms with Crippen LogP contribution in [0.25, 0.3) is 0 Å². The summed E-state index contributed by atoms with van der Waals surface area (Å²) in [6.07, 6.45) is 6.19. The molecule has 3 aliphatic rings. The number of aliphatic hydroxyl groups is 2. The molecule has 2 N–H and O–H groups in total. The van der Waals surface area contributed by atoms with Crippen LogP contribution in [0.4, 0.5) is 0 Å². The fourth-order valence-electron chi connectivity index (χ4n) is 6.46. The van der Waals surface area contributed by atoms with E-state index in [0.717, 1.165) is 31.2 Å². The first-order valence-corrected chi connectivity index (χ1v) is 14.9. The number of carbonyl (C=O) groups excluding carboxylic acids is 2. The zero-order chi connectivity index (χ0) is 29.4. The van der Waals surface area contributed by atoms with Gasteiger partial charge in [0.15, 0.2) is 6.10 Å². The first kappa shape index (κ1) is 31.2. The number of nitrogens with zero attached hydrogens (tertiary/aromatic N) is 2. The maximum absolute atomic E-state index is 12.5. The van der Waals surface area contributed by atoms with Crippen LogP contribution in [0.5, 0.6) is 0 Å². The van der Waals surface area contributed by atoms with Gasteiger partial charge >= 0.3 is 11.9 Å². The molecule has 0 aromatic heterocycles. The number of carbonyl (C=O) groups is 2. The van der Waals surface area contributed by atoms with E-state index in [4.69, 9.17) is 9.47 Å². The normalized spacial score (nSPS) is 24.7. The van der Waals surface area contributed by atoms with Crippen LogP contribution in [0, 0.1) is 0 Å². The maximum Gasteiger partial charge on any atom is 0.339 e. The van der Waals surface area contributed by atoms with E-state index in [9.17, 15) is 19.8 Å². The van der Waals surface area contributed by atoms with Crippen molar-refractivity contribution in [2.24, 2.45) is 0 Å². The molecular weight excluding hydrogens is 520 g/mol. The molecule has 41 heavy (non-hydrogen) atoms. The van der Waals surface area contributed by atoms with Crippen molar-refractivity contribution in [3.63, 3.8) is 0 Å². The third-order valence-corrected chi connectivity index (χ3v) is 8.83. The van der Waals surface area contributed by atoms with Gasteiger partial charge in [-0.05, 0) is 70.8 Å². The van der Waals surface area contributed by atoms with Crippen molar-refractivity contribution < 1.29 is 29.3 Å². The van der Waals surface area contributed by atoms with Gasteiger partial charge in [-0.15, -0.1) is 0 Å². The van der Waals surface area contributed by atoms with E-state index >= 15 is 0 Å². The number of hydrogen-bond acceptors (Lipinski definition) is 8. The number of benzene rings is 2. The predicted molar refractivity (Wildman–Crippen MR) is 157 cm³/mol. The molecule has 224 valence electrons. The molecular formula is C33H46N2O6. The third kappa shape index (κ3) is 8.16. The SMILES string of the molecule is CN(C)CCOC(=O)C(c1ccccc1)C1(O)CCCC1.CN1[C@@H]2CC[C@H]1C[C@@H](OC(=O)C(O)c1ccccc1)C2. The number of ether oxygens (including phenoxy) is 2. The predicted octanol–water partition coefficient (Wildman–Crippen LogP) is 4.07. The largest absolute Gasteiger partial charge is 0.464 e. The van der Waals surface area contributed by atoms with Crippen LogP contribution in [0.3, 0.4) is 0 Å². The van der Waals surface area contributed by atoms with Gasteiger partial charge in [-0.3, -0.25) is 4.79 Å². The van der Waals surface area contributed by atoms with Crippen molar-refractivity contribution in [3.05, 3.63) is 71.8 Å². The van der Waals surface area contributed by atoms with Gasteiger partial charge in [0.1, 0.15) is 18.6 Å². The Morgan fingerprint density at radius 2 is 1.46 bits per heavy atom. The quantitative estimate of drug-likeness (QED) is 0.439. The first-order valence-electron chi connectivity index (χ1n) is 14.9. The van der Waals surface area contributed by atoms with Gasteiger partial charge in [0.05, 0.1) is 5.60 Å². The lowest BCUT2D eigenvalue weighted by atomic mass is 9.81. The minimum absolute atomic E-state index is 0.0467. The van der Waals surface area contributed by atoms with E-state index in [-0.39, 0.29) is 12.1 Å². The van der Waals surface area contributed by atoms with Crippen LogP contribution in [-0.2, 0) is 19.1 Å². The summed E-state index contributed by atoms with van der Waals surface area (Å²) in [6, 6.07) is 19.5. The Hall–Kier alpha value is -2.78. The van der Waals surface area contributed by atoms with Crippen molar-refractivity contribution in [2.45, 2.75) is 87.2 Å². The maximum atomic E-state index is 12.5. The molecule has 0 spiro atoms. The van der Waals surface area contributed by atoms with Gasteiger partial charge < -0.3 is 29.5 Å². The van der Waals surface area contributed by atoms with Crippen LogP contribution in [-0.4, -0.2) is 90.0 Å². The Balaban J connectivity index is 0.000000189. The molecule has 2 aromatic rings. The van der Waals surface area contributed by atoms with E-state index in [1.807, 2.05) is 67.5 Å². The van der Waals surface area contributed by atoms with Crippen molar-refractivity contribution in [1.82, 2.24) is 9.80 Å². The highest BCUT2D eigenvalue weighted by molar-refractivity contribution is 5.80. The van der Waals surface area contributed by atoms with Crippen molar-refractivity contribution >= 4 is 11.9 Å². The number of likely N-dealkylation sites (N-methyl/N-ethyl adjacent to an activating group) is 1. The molecule has 1 aliphatic carbocycles. The van der Waals surface area contributed by atoms with Crippen molar-refractivity contribution in [3.8, 4) is 0 Å². The molecule has 2 unspecified atom stereocenters. The highest BCUT2D eigenvalue weighted by Gasteiger charge is 2.45. The van der Waals surface area contributed by atoms with Crippen LogP contribution >= 0.6 is 0 Å². The fraction of sp³-hybridized carbons (Fsp3) is 0.576. The number of fused-ring (bicyclic) bond motifs is 2. The topological polar surface area (TPSA) is 99.5 Å².